The molecule has 3 rings (SSSR count). The Morgan fingerprint density at radius 1 is 1.30 bits per heavy atom. The lowest BCUT2D eigenvalue weighted by atomic mass is 9.68. The van der Waals surface area contributed by atoms with Gasteiger partial charge in [0.1, 0.15) is 17.5 Å². The number of halogens is 1. The van der Waals surface area contributed by atoms with Crippen LogP contribution in [0.3, 0.4) is 0 Å². The number of Topliss-reactive ketones (excluding diaryl/α,β-unsaturated/α-hetero) is 1. The van der Waals surface area contributed by atoms with Gasteiger partial charge in [-0.05, 0) is 31.6 Å². The third-order valence-electron chi connectivity index (χ3n) is 4.98. The Balaban J connectivity index is 2.33. The van der Waals surface area contributed by atoms with Crippen molar-refractivity contribution in [1.82, 2.24) is 9.97 Å². The molecule has 0 amide bonds. The molecular formula is C21H20FN3O2. The van der Waals surface area contributed by atoms with Gasteiger partial charge in [0.05, 0.1) is 17.5 Å². The summed E-state index contributed by atoms with van der Waals surface area (Å²) in [4.78, 5) is 21.1. The van der Waals surface area contributed by atoms with Crippen molar-refractivity contribution in [3.8, 4) is 17.2 Å². The van der Waals surface area contributed by atoms with Gasteiger partial charge < -0.3 is 4.74 Å². The van der Waals surface area contributed by atoms with Gasteiger partial charge in [-0.1, -0.05) is 19.9 Å². The number of hydrogen-bond acceptors (Lipinski definition) is 5. The van der Waals surface area contributed by atoms with Gasteiger partial charge in [0, 0.05) is 35.5 Å². The van der Waals surface area contributed by atoms with E-state index in [-0.39, 0.29) is 17.8 Å². The van der Waals surface area contributed by atoms with Crippen LogP contribution in [-0.2, 0) is 15.1 Å². The van der Waals surface area contributed by atoms with Gasteiger partial charge in [-0.15, -0.1) is 0 Å². The SMILES string of the molecule is COC1(c2ncc(F)cc2-c2cccnc2C)C=C(C#N)C(=O)C(C)(C)C1. The number of rotatable bonds is 3. The normalized spacial score (nSPS) is 21.5. The van der Waals surface area contributed by atoms with E-state index in [1.54, 1.807) is 26.1 Å². The molecule has 0 bridgehead atoms. The van der Waals surface area contributed by atoms with Crippen LogP contribution in [0.1, 0.15) is 31.7 Å². The van der Waals surface area contributed by atoms with Crippen molar-refractivity contribution >= 4 is 5.78 Å². The van der Waals surface area contributed by atoms with Crippen LogP contribution in [0, 0.1) is 29.5 Å². The first kappa shape index (κ1) is 18.9. The first-order chi connectivity index (χ1) is 12.7. The molecule has 5 nitrogen and oxygen atoms in total. The number of pyridine rings is 2. The fraction of sp³-hybridized carbons (Fsp3) is 0.333. The Hall–Kier alpha value is -2.91. The van der Waals surface area contributed by atoms with Gasteiger partial charge in [0.2, 0.25) is 0 Å². The van der Waals surface area contributed by atoms with Crippen LogP contribution in [0.25, 0.3) is 11.1 Å². The standard InChI is InChI=1S/C21H20FN3O2/c1-13-16(6-5-7-24-13)17-8-15(22)11-25-18(17)21(27-4)9-14(10-23)19(26)20(2,3)12-21/h5-9,11H,12H2,1-4H3. The summed E-state index contributed by atoms with van der Waals surface area (Å²) in [7, 11) is 1.50. The number of aromatic nitrogens is 2. The molecule has 0 N–H and O–H groups in total. The molecule has 0 fully saturated rings. The number of hydrogen-bond donors (Lipinski definition) is 0. The molecule has 0 radical (unpaired) electrons. The summed E-state index contributed by atoms with van der Waals surface area (Å²) in [6.07, 6.45) is 4.57. The van der Waals surface area contributed by atoms with E-state index >= 15 is 0 Å². The minimum absolute atomic E-state index is 0.0214. The van der Waals surface area contributed by atoms with Crippen LogP contribution in [-0.4, -0.2) is 22.9 Å². The highest BCUT2D eigenvalue weighted by atomic mass is 19.1. The van der Waals surface area contributed by atoms with E-state index in [4.69, 9.17) is 4.74 Å². The minimum Gasteiger partial charge on any atom is -0.368 e. The number of carbonyl (C=O) groups excluding carboxylic acids is 1. The average Bonchev–Trinajstić information content (AvgIpc) is 2.64. The molecule has 0 spiro atoms. The van der Waals surface area contributed by atoms with Crippen molar-refractivity contribution in [3.05, 3.63) is 59.4 Å². The van der Waals surface area contributed by atoms with E-state index in [1.807, 2.05) is 19.1 Å². The molecule has 1 aliphatic carbocycles. The van der Waals surface area contributed by atoms with E-state index in [0.29, 0.717) is 17.0 Å². The van der Waals surface area contributed by atoms with Crippen LogP contribution in [0.15, 0.2) is 42.2 Å². The van der Waals surface area contributed by atoms with Gasteiger partial charge >= 0.3 is 0 Å². The number of nitrogens with zero attached hydrogens (tertiary/aromatic N) is 3. The summed E-state index contributed by atoms with van der Waals surface area (Å²) in [6.45, 7) is 5.37. The second-order valence-electron chi connectivity index (χ2n) is 7.34. The van der Waals surface area contributed by atoms with Gasteiger partial charge in [0.25, 0.3) is 0 Å². The summed E-state index contributed by atoms with van der Waals surface area (Å²) >= 11 is 0. The van der Waals surface area contributed by atoms with E-state index in [0.717, 1.165) is 11.8 Å². The van der Waals surface area contributed by atoms with Crippen molar-refractivity contribution in [1.29, 1.82) is 5.26 Å². The molecule has 1 atom stereocenters. The smallest absolute Gasteiger partial charge is 0.178 e. The predicted molar refractivity (Wildman–Crippen MR) is 98.0 cm³/mol. The molecule has 0 aliphatic heterocycles. The average molecular weight is 365 g/mol. The molecule has 0 saturated carbocycles. The zero-order valence-electron chi connectivity index (χ0n) is 15.7. The Morgan fingerprint density at radius 2 is 2.04 bits per heavy atom. The molecule has 1 aliphatic rings. The van der Waals surface area contributed by atoms with Crippen LogP contribution in [0.2, 0.25) is 0 Å². The van der Waals surface area contributed by atoms with E-state index in [1.165, 1.54) is 19.3 Å². The van der Waals surface area contributed by atoms with Crippen LogP contribution >= 0.6 is 0 Å². The molecule has 0 saturated heterocycles. The molecule has 27 heavy (non-hydrogen) atoms. The first-order valence-corrected chi connectivity index (χ1v) is 8.55. The summed E-state index contributed by atoms with van der Waals surface area (Å²) in [5.41, 5.74) is 0.483. The summed E-state index contributed by atoms with van der Waals surface area (Å²) in [6, 6.07) is 6.95. The van der Waals surface area contributed by atoms with Gasteiger partial charge in [-0.2, -0.15) is 5.26 Å². The van der Waals surface area contributed by atoms with Gasteiger partial charge in [0.15, 0.2) is 5.78 Å². The third-order valence-corrected chi connectivity index (χ3v) is 4.98. The number of carbonyl (C=O) groups is 1. The molecule has 2 heterocycles. The first-order valence-electron chi connectivity index (χ1n) is 8.55. The van der Waals surface area contributed by atoms with Crippen molar-refractivity contribution in [2.24, 2.45) is 5.41 Å². The second kappa shape index (κ2) is 6.67. The monoisotopic (exact) mass is 365 g/mol. The molecule has 1 unspecified atom stereocenters. The largest absolute Gasteiger partial charge is 0.368 e. The molecule has 6 heteroatoms. The Bertz CT molecular complexity index is 991. The number of methoxy groups -OCH3 is 1. The van der Waals surface area contributed by atoms with Crippen molar-refractivity contribution in [3.63, 3.8) is 0 Å². The topological polar surface area (TPSA) is 75.9 Å². The Kier molecular flexibility index (Phi) is 4.66. The number of ether oxygens (including phenoxy) is 1. The second-order valence-corrected chi connectivity index (χ2v) is 7.34. The van der Waals surface area contributed by atoms with Crippen molar-refractivity contribution < 1.29 is 13.9 Å². The summed E-state index contributed by atoms with van der Waals surface area (Å²) in [5, 5.41) is 9.46. The molecule has 2 aromatic heterocycles. The zero-order valence-corrected chi connectivity index (χ0v) is 15.7. The Labute approximate surface area is 157 Å². The van der Waals surface area contributed by atoms with E-state index in [9.17, 15) is 14.4 Å². The summed E-state index contributed by atoms with van der Waals surface area (Å²) < 4.78 is 19.9. The number of allylic oxidation sites excluding steroid dienone is 1. The highest BCUT2D eigenvalue weighted by Gasteiger charge is 2.48. The lowest BCUT2D eigenvalue weighted by Gasteiger charge is -2.40. The number of aryl methyl sites for hydroxylation is 1. The molecular weight excluding hydrogens is 345 g/mol. The van der Waals surface area contributed by atoms with E-state index < -0.39 is 16.8 Å². The number of ketones is 1. The maximum atomic E-state index is 14.1. The maximum Gasteiger partial charge on any atom is 0.178 e. The maximum absolute atomic E-state index is 14.1. The highest BCUT2D eigenvalue weighted by Crippen LogP contribution is 2.47. The minimum atomic E-state index is -1.13. The van der Waals surface area contributed by atoms with Crippen LogP contribution in [0.5, 0.6) is 0 Å². The third kappa shape index (κ3) is 3.15. The Morgan fingerprint density at radius 3 is 2.67 bits per heavy atom. The lowest BCUT2D eigenvalue weighted by molar-refractivity contribution is -0.128. The fourth-order valence-corrected chi connectivity index (χ4v) is 3.66. The molecule has 2 aromatic rings. The van der Waals surface area contributed by atoms with Gasteiger partial charge in [-0.25, -0.2) is 4.39 Å². The van der Waals surface area contributed by atoms with Crippen molar-refractivity contribution in [2.75, 3.05) is 7.11 Å². The lowest BCUT2D eigenvalue weighted by Crippen LogP contribution is -2.43. The van der Waals surface area contributed by atoms with Crippen LogP contribution in [0.4, 0.5) is 4.39 Å². The van der Waals surface area contributed by atoms with Crippen LogP contribution < -0.4 is 0 Å². The van der Waals surface area contributed by atoms with Crippen molar-refractivity contribution in [2.45, 2.75) is 32.8 Å². The fourth-order valence-electron chi connectivity index (χ4n) is 3.66. The predicted octanol–water partition coefficient (Wildman–Crippen LogP) is 3.88. The highest BCUT2D eigenvalue weighted by molar-refractivity contribution is 6.04. The summed E-state index contributed by atoms with van der Waals surface area (Å²) in [5.74, 6) is -0.724. The quantitative estimate of drug-likeness (QED) is 0.825. The molecule has 0 aromatic carbocycles. The zero-order chi connectivity index (χ0) is 19.8. The number of nitriles is 1. The molecule has 138 valence electrons. The van der Waals surface area contributed by atoms with E-state index in [2.05, 4.69) is 9.97 Å². The van der Waals surface area contributed by atoms with Gasteiger partial charge in [-0.3, -0.25) is 14.8 Å².